The van der Waals surface area contributed by atoms with Crippen molar-refractivity contribution in [1.82, 2.24) is 19.9 Å². The van der Waals surface area contributed by atoms with Crippen molar-refractivity contribution < 1.29 is 4.79 Å². The van der Waals surface area contributed by atoms with Gasteiger partial charge in [-0.3, -0.25) is 4.79 Å². The Balaban J connectivity index is 1.43. The number of anilines is 6. The number of benzene rings is 1. The smallest absolute Gasteiger partial charge is 0.247 e. The van der Waals surface area contributed by atoms with Crippen LogP contribution in [0, 0.1) is 0 Å². The van der Waals surface area contributed by atoms with E-state index >= 15 is 0 Å². The third kappa shape index (κ3) is 5.93. The Bertz CT molecular complexity index is 1180. The molecule has 1 aromatic carbocycles. The molecule has 9 nitrogen and oxygen atoms in total. The van der Waals surface area contributed by atoms with Gasteiger partial charge >= 0.3 is 0 Å². The zero-order valence-electron chi connectivity index (χ0n) is 18.6. The maximum Gasteiger partial charge on any atom is 0.247 e. The Hall–Kier alpha value is -3.40. The van der Waals surface area contributed by atoms with E-state index in [4.69, 9.17) is 23.2 Å². The first kappa shape index (κ1) is 23.7. The number of carbonyl (C=O) groups is 1. The van der Waals surface area contributed by atoms with Gasteiger partial charge in [0.1, 0.15) is 10.8 Å². The lowest BCUT2D eigenvalue weighted by atomic mass is 10.2. The van der Waals surface area contributed by atoms with E-state index in [1.54, 1.807) is 18.2 Å². The molecule has 1 saturated heterocycles. The molecule has 0 saturated carbocycles. The second-order valence-corrected chi connectivity index (χ2v) is 8.53. The van der Waals surface area contributed by atoms with E-state index in [-0.39, 0.29) is 5.91 Å². The van der Waals surface area contributed by atoms with Crippen LogP contribution in [0.15, 0.2) is 55.4 Å². The molecule has 0 spiro atoms. The molecule has 0 bridgehead atoms. The van der Waals surface area contributed by atoms with Gasteiger partial charge in [0.25, 0.3) is 0 Å². The van der Waals surface area contributed by atoms with Gasteiger partial charge in [0, 0.05) is 31.9 Å². The highest BCUT2D eigenvalue weighted by Crippen LogP contribution is 2.30. The summed E-state index contributed by atoms with van der Waals surface area (Å²) in [4.78, 5) is 29.3. The van der Waals surface area contributed by atoms with Crippen molar-refractivity contribution in [3.05, 3.63) is 65.4 Å². The normalized spacial score (nSPS) is 13.9. The lowest BCUT2D eigenvalue weighted by Gasteiger charge is -2.33. The molecule has 1 aliphatic heterocycles. The summed E-state index contributed by atoms with van der Waals surface area (Å²) >= 11 is 12.6. The largest absolute Gasteiger partial charge is 0.368 e. The standard InChI is InChI=1S/C23H24Cl2N8O/c1-3-21(34)29-19-6-4-15(12-17(19)24)28-22-18(25)14-27-23(31-22)30-20-7-5-16(13-26-20)33-10-8-32(2)9-11-33/h3-7,12-14H,1,8-11H2,2H3,(H,29,34)(H2,26,27,28,30,31). The number of rotatable bonds is 7. The number of pyridine rings is 1. The zero-order valence-corrected chi connectivity index (χ0v) is 20.1. The fourth-order valence-electron chi connectivity index (χ4n) is 3.36. The number of likely N-dealkylation sites (N-methyl/N-ethyl adjacent to an activating group) is 1. The molecule has 34 heavy (non-hydrogen) atoms. The van der Waals surface area contributed by atoms with Gasteiger partial charge in [-0.25, -0.2) is 9.97 Å². The number of nitrogens with zero attached hydrogens (tertiary/aromatic N) is 5. The van der Waals surface area contributed by atoms with Gasteiger partial charge in [0.05, 0.1) is 28.8 Å². The van der Waals surface area contributed by atoms with Crippen molar-refractivity contribution in [3.63, 3.8) is 0 Å². The maximum atomic E-state index is 11.5. The van der Waals surface area contributed by atoms with Crippen molar-refractivity contribution in [2.45, 2.75) is 0 Å². The number of nitrogens with one attached hydrogen (secondary N) is 3. The monoisotopic (exact) mass is 498 g/mol. The molecular weight excluding hydrogens is 475 g/mol. The topological polar surface area (TPSA) is 98.3 Å². The molecule has 11 heteroatoms. The quantitative estimate of drug-likeness (QED) is 0.408. The number of carbonyl (C=O) groups excluding carboxylic acids is 1. The molecule has 0 unspecified atom stereocenters. The lowest BCUT2D eigenvalue weighted by molar-refractivity contribution is -0.111. The van der Waals surface area contributed by atoms with Gasteiger partial charge in [-0.05, 0) is 43.5 Å². The number of piperazine rings is 1. The minimum Gasteiger partial charge on any atom is -0.368 e. The van der Waals surface area contributed by atoms with Gasteiger partial charge in [-0.2, -0.15) is 4.98 Å². The summed E-state index contributed by atoms with van der Waals surface area (Å²) in [5.74, 6) is 1.01. The van der Waals surface area contributed by atoms with Crippen LogP contribution < -0.4 is 20.9 Å². The molecule has 4 rings (SSSR count). The molecule has 0 aliphatic carbocycles. The van der Waals surface area contributed by atoms with E-state index in [1.807, 2.05) is 18.3 Å². The average Bonchev–Trinajstić information content (AvgIpc) is 2.84. The molecule has 3 N–H and O–H groups in total. The van der Waals surface area contributed by atoms with Crippen molar-refractivity contribution in [2.75, 3.05) is 54.1 Å². The Morgan fingerprint density at radius 1 is 1.03 bits per heavy atom. The molecule has 2 aromatic heterocycles. The minimum atomic E-state index is -0.345. The van der Waals surface area contributed by atoms with Crippen LogP contribution in [0.25, 0.3) is 0 Å². The number of aromatic nitrogens is 3. The summed E-state index contributed by atoms with van der Waals surface area (Å²) in [6.45, 7) is 7.45. The average molecular weight is 499 g/mol. The summed E-state index contributed by atoms with van der Waals surface area (Å²) < 4.78 is 0. The van der Waals surface area contributed by atoms with Crippen LogP contribution in [-0.4, -0.2) is 59.0 Å². The third-order valence-corrected chi connectivity index (χ3v) is 5.86. The van der Waals surface area contributed by atoms with E-state index in [9.17, 15) is 4.79 Å². The fraction of sp³-hybridized carbons (Fsp3) is 0.217. The first-order valence-corrected chi connectivity index (χ1v) is 11.4. The van der Waals surface area contributed by atoms with Crippen molar-refractivity contribution in [3.8, 4) is 0 Å². The predicted octanol–water partition coefficient (Wildman–Crippen LogP) is 4.54. The summed E-state index contributed by atoms with van der Waals surface area (Å²) in [6.07, 6.45) is 4.52. The van der Waals surface area contributed by atoms with Gasteiger partial charge in [-0.1, -0.05) is 29.8 Å². The Labute approximate surface area is 207 Å². The van der Waals surface area contributed by atoms with Gasteiger partial charge in [0.15, 0.2) is 5.82 Å². The first-order valence-electron chi connectivity index (χ1n) is 10.6. The van der Waals surface area contributed by atoms with E-state index in [0.717, 1.165) is 31.9 Å². The van der Waals surface area contributed by atoms with Crippen LogP contribution in [0.1, 0.15) is 0 Å². The highest BCUT2D eigenvalue weighted by molar-refractivity contribution is 6.34. The number of hydrogen-bond acceptors (Lipinski definition) is 8. The molecule has 0 radical (unpaired) electrons. The van der Waals surface area contributed by atoms with Gasteiger partial charge in [0.2, 0.25) is 11.9 Å². The van der Waals surface area contributed by atoms with Crippen molar-refractivity contribution in [1.29, 1.82) is 0 Å². The third-order valence-electron chi connectivity index (χ3n) is 5.28. The fourth-order valence-corrected chi connectivity index (χ4v) is 3.72. The van der Waals surface area contributed by atoms with Gasteiger partial charge < -0.3 is 25.8 Å². The molecular formula is C23H24Cl2N8O. The molecule has 3 aromatic rings. The highest BCUT2D eigenvalue weighted by atomic mass is 35.5. The number of hydrogen-bond donors (Lipinski definition) is 3. The molecule has 1 amide bonds. The van der Waals surface area contributed by atoms with E-state index < -0.39 is 0 Å². The zero-order chi connectivity index (χ0) is 24.1. The van der Waals surface area contributed by atoms with Crippen LogP contribution in [0.4, 0.5) is 34.6 Å². The number of halogens is 2. The van der Waals surface area contributed by atoms with Crippen LogP contribution in [0.2, 0.25) is 10.0 Å². The Kier molecular flexibility index (Phi) is 7.46. The van der Waals surface area contributed by atoms with Crippen LogP contribution in [0.5, 0.6) is 0 Å². The Morgan fingerprint density at radius 3 is 2.50 bits per heavy atom. The van der Waals surface area contributed by atoms with Crippen LogP contribution in [0.3, 0.4) is 0 Å². The first-order chi connectivity index (χ1) is 16.4. The molecule has 0 atom stereocenters. The molecule has 176 valence electrons. The lowest BCUT2D eigenvalue weighted by Crippen LogP contribution is -2.44. The SMILES string of the molecule is C=CC(=O)Nc1ccc(Nc2nc(Nc3ccc(N4CCN(C)CC4)cn3)ncc2Cl)cc1Cl. The highest BCUT2D eigenvalue weighted by Gasteiger charge is 2.15. The minimum absolute atomic E-state index is 0.337. The predicted molar refractivity (Wildman–Crippen MR) is 138 cm³/mol. The molecule has 1 aliphatic rings. The Morgan fingerprint density at radius 2 is 1.82 bits per heavy atom. The van der Waals surface area contributed by atoms with E-state index in [1.165, 1.54) is 12.3 Å². The van der Waals surface area contributed by atoms with Crippen molar-refractivity contribution >= 4 is 63.8 Å². The van der Waals surface area contributed by atoms with Crippen LogP contribution >= 0.6 is 23.2 Å². The van der Waals surface area contributed by atoms with Crippen molar-refractivity contribution in [2.24, 2.45) is 0 Å². The molecule has 1 fully saturated rings. The second kappa shape index (κ2) is 10.7. The second-order valence-electron chi connectivity index (χ2n) is 7.72. The van der Waals surface area contributed by atoms with E-state index in [0.29, 0.717) is 39.0 Å². The molecule has 3 heterocycles. The maximum absolute atomic E-state index is 11.5. The van der Waals surface area contributed by atoms with Gasteiger partial charge in [-0.15, -0.1) is 0 Å². The summed E-state index contributed by atoms with van der Waals surface area (Å²) in [7, 11) is 2.13. The summed E-state index contributed by atoms with van der Waals surface area (Å²) in [6, 6.07) is 9.00. The summed E-state index contributed by atoms with van der Waals surface area (Å²) in [5, 5.41) is 9.55. The van der Waals surface area contributed by atoms with Crippen LogP contribution in [-0.2, 0) is 4.79 Å². The number of amides is 1. The van der Waals surface area contributed by atoms with E-state index in [2.05, 4.69) is 54.3 Å². The summed E-state index contributed by atoms with van der Waals surface area (Å²) in [5.41, 5.74) is 2.20.